The highest BCUT2D eigenvalue weighted by atomic mass is 32.1. The van der Waals surface area contributed by atoms with Crippen LogP contribution in [-0.4, -0.2) is 20.5 Å². The highest BCUT2D eigenvalue weighted by Crippen LogP contribution is 2.22. The normalized spacial score (nSPS) is 11.7. The quantitative estimate of drug-likeness (QED) is 0.567. The predicted molar refractivity (Wildman–Crippen MR) is 102 cm³/mol. The van der Waals surface area contributed by atoms with Crippen molar-refractivity contribution in [1.29, 1.82) is 0 Å². The van der Waals surface area contributed by atoms with Gasteiger partial charge in [-0.05, 0) is 34.9 Å². The number of imidazole rings is 1. The summed E-state index contributed by atoms with van der Waals surface area (Å²) < 4.78 is 2.03. The topological polar surface area (TPSA) is 54.6 Å². The Balaban J connectivity index is 1.65. The molecule has 0 fully saturated rings. The summed E-state index contributed by atoms with van der Waals surface area (Å²) in [6, 6.07) is 14.6. The lowest BCUT2D eigenvalue weighted by Crippen LogP contribution is -2.00. The molecule has 0 saturated carbocycles. The second-order valence-corrected chi connectivity index (χ2v) is 6.70. The van der Waals surface area contributed by atoms with Crippen molar-refractivity contribution in [2.75, 3.05) is 0 Å². The van der Waals surface area contributed by atoms with Crippen molar-refractivity contribution in [3.05, 3.63) is 71.0 Å². The van der Waals surface area contributed by atoms with E-state index in [2.05, 4.69) is 41.4 Å². The molecule has 0 spiro atoms. The van der Waals surface area contributed by atoms with Crippen molar-refractivity contribution in [2.45, 2.75) is 12.8 Å². The molecule has 0 aliphatic rings. The maximum absolute atomic E-state index is 10.8. The van der Waals surface area contributed by atoms with Crippen molar-refractivity contribution in [3.8, 4) is 0 Å². The van der Waals surface area contributed by atoms with E-state index in [0.29, 0.717) is 6.42 Å². The van der Waals surface area contributed by atoms with E-state index in [0.717, 1.165) is 21.9 Å². The Kier molecular flexibility index (Phi) is 4.07. The summed E-state index contributed by atoms with van der Waals surface area (Å²) in [5.74, 6) is -0.785. The third-order valence-electron chi connectivity index (χ3n) is 4.16. The summed E-state index contributed by atoms with van der Waals surface area (Å²) in [5.41, 5.74) is 3.07. The molecule has 0 bridgehead atoms. The number of carboxylic acids is 1. The van der Waals surface area contributed by atoms with Gasteiger partial charge in [0.05, 0.1) is 18.3 Å². The number of hydrogen-bond acceptors (Lipinski definition) is 3. The van der Waals surface area contributed by atoms with Gasteiger partial charge in [-0.25, -0.2) is 4.98 Å². The summed E-state index contributed by atoms with van der Waals surface area (Å²) in [6.45, 7) is 0. The van der Waals surface area contributed by atoms with Crippen LogP contribution >= 0.6 is 11.3 Å². The van der Waals surface area contributed by atoms with E-state index in [4.69, 9.17) is 5.11 Å². The molecule has 0 radical (unpaired) electrons. The zero-order chi connectivity index (χ0) is 17.2. The van der Waals surface area contributed by atoms with Gasteiger partial charge in [0.15, 0.2) is 4.96 Å². The Morgan fingerprint density at radius 3 is 2.84 bits per heavy atom. The molecule has 0 amide bonds. The number of fused-ring (bicyclic) bond motifs is 2. The Morgan fingerprint density at radius 2 is 2.00 bits per heavy atom. The largest absolute Gasteiger partial charge is 0.481 e. The molecule has 2 aromatic carbocycles. The van der Waals surface area contributed by atoms with Crippen molar-refractivity contribution < 1.29 is 9.90 Å². The lowest BCUT2D eigenvalue weighted by atomic mass is 10.1. The first-order valence-corrected chi connectivity index (χ1v) is 8.91. The highest BCUT2D eigenvalue weighted by molar-refractivity contribution is 7.15. The van der Waals surface area contributed by atoms with Gasteiger partial charge in [0.25, 0.3) is 0 Å². The zero-order valence-electron chi connectivity index (χ0n) is 13.4. The van der Waals surface area contributed by atoms with E-state index in [9.17, 15) is 4.79 Å². The van der Waals surface area contributed by atoms with Gasteiger partial charge in [-0.15, -0.1) is 11.3 Å². The Labute approximate surface area is 148 Å². The fourth-order valence-electron chi connectivity index (χ4n) is 2.91. The SMILES string of the molecule is O=C(O)CCc1csc2ncc(/C=C/c3ccc4ccccc4c3)n12. The number of benzene rings is 2. The van der Waals surface area contributed by atoms with E-state index in [-0.39, 0.29) is 6.42 Å². The summed E-state index contributed by atoms with van der Waals surface area (Å²) in [5, 5.41) is 13.3. The summed E-state index contributed by atoms with van der Waals surface area (Å²) >= 11 is 1.54. The standard InChI is InChI=1S/C20H16N2O2S/c23-19(24)10-9-18-13-25-20-21-12-17(22(18)20)8-6-14-5-7-15-3-1-2-4-16(15)11-14/h1-8,11-13H,9-10H2,(H,23,24)/b8-6+. The van der Waals surface area contributed by atoms with Gasteiger partial charge in [-0.1, -0.05) is 42.5 Å². The van der Waals surface area contributed by atoms with Gasteiger partial charge >= 0.3 is 5.97 Å². The number of aliphatic carboxylic acids is 1. The Hall–Kier alpha value is -2.92. The second-order valence-electron chi connectivity index (χ2n) is 5.86. The average molecular weight is 348 g/mol. The number of thiazole rings is 1. The minimum atomic E-state index is -0.785. The van der Waals surface area contributed by atoms with Crippen LogP contribution in [0.5, 0.6) is 0 Å². The van der Waals surface area contributed by atoms with Crippen LogP contribution in [-0.2, 0) is 11.2 Å². The number of carboxylic acid groups (broad SMARTS) is 1. The molecule has 0 aliphatic carbocycles. The van der Waals surface area contributed by atoms with Gasteiger partial charge in [0, 0.05) is 11.1 Å². The molecule has 0 atom stereocenters. The van der Waals surface area contributed by atoms with E-state index in [1.165, 1.54) is 22.1 Å². The molecule has 4 rings (SSSR count). The number of aryl methyl sites for hydroxylation is 1. The molecule has 5 heteroatoms. The van der Waals surface area contributed by atoms with Gasteiger partial charge < -0.3 is 5.11 Å². The molecule has 4 aromatic rings. The van der Waals surface area contributed by atoms with Gasteiger partial charge in [0.1, 0.15) is 0 Å². The number of nitrogens with zero attached hydrogens (tertiary/aromatic N) is 2. The average Bonchev–Trinajstić information content (AvgIpc) is 3.20. The first-order chi connectivity index (χ1) is 12.2. The number of aromatic nitrogens is 2. The van der Waals surface area contributed by atoms with E-state index >= 15 is 0 Å². The van der Waals surface area contributed by atoms with Crippen LogP contribution in [0.4, 0.5) is 0 Å². The smallest absolute Gasteiger partial charge is 0.303 e. The van der Waals surface area contributed by atoms with Crippen LogP contribution in [0.25, 0.3) is 27.9 Å². The molecule has 124 valence electrons. The summed E-state index contributed by atoms with van der Waals surface area (Å²) in [7, 11) is 0. The lowest BCUT2D eigenvalue weighted by molar-refractivity contribution is -0.136. The van der Waals surface area contributed by atoms with Crippen molar-refractivity contribution in [3.63, 3.8) is 0 Å². The molecule has 2 aromatic heterocycles. The highest BCUT2D eigenvalue weighted by Gasteiger charge is 2.09. The van der Waals surface area contributed by atoms with Crippen LogP contribution < -0.4 is 0 Å². The minimum Gasteiger partial charge on any atom is -0.481 e. The van der Waals surface area contributed by atoms with Crippen molar-refractivity contribution in [1.82, 2.24) is 9.38 Å². The van der Waals surface area contributed by atoms with Gasteiger partial charge in [0.2, 0.25) is 0 Å². The third-order valence-corrected chi connectivity index (χ3v) is 5.05. The van der Waals surface area contributed by atoms with Gasteiger partial charge in [-0.2, -0.15) is 0 Å². The molecular weight excluding hydrogens is 332 g/mol. The maximum Gasteiger partial charge on any atom is 0.303 e. The van der Waals surface area contributed by atoms with Crippen LogP contribution in [0.15, 0.2) is 54.0 Å². The monoisotopic (exact) mass is 348 g/mol. The van der Waals surface area contributed by atoms with Gasteiger partial charge in [-0.3, -0.25) is 9.20 Å². The molecule has 2 heterocycles. The second kappa shape index (κ2) is 6.53. The first-order valence-electron chi connectivity index (χ1n) is 8.03. The van der Waals surface area contributed by atoms with E-state index < -0.39 is 5.97 Å². The molecular formula is C20H16N2O2S. The maximum atomic E-state index is 10.8. The molecule has 4 nitrogen and oxygen atoms in total. The summed E-state index contributed by atoms with van der Waals surface area (Å²) in [4.78, 5) is 16.1. The summed E-state index contributed by atoms with van der Waals surface area (Å²) in [6.07, 6.45) is 6.55. The van der Waals surface area contributed by atoms with E-state index in [1.54, 1.807) is 0 Å². The Bertz CT molecular complexity index is 1090. The lowest BCUT2D eigenvalue weighted by Gasteiger charge is -2.01. The van der Waals surface area contributed by atoms with Crippen LogP contribution in [0.3, 0.4) is 0 Å². The fraction of sp³-hybridized carbons (Fsp3) is 0.100. The van der Waals surface area contributed by atoms with Crippen LogP contribution in [0, 0.1) is 0 Å². The van der Waals surface area contributed by atoms with Crippen molar-refractivity contribution in [2.24, 2.45) is 0 Å². The molecule has 1 N–H and O–H groups in total. The number of rotatable bonds is 5. The van der Waals surface area contributed by atoms with Crippen LogP contribution in [0.1, 0.15) is 23.4 Å². The first kappa shape index (κ1) is 15.6. The molecule has 25 heavy (non-hydrogen) atoms. The van der Waals surface area contributed by atoms with E-state index in [1.807, 2.05) is 34.2 Å². The molecule has 0 unspecified atom stereocenters. The number of hydrogen-bond donors (Lipinski definition) is 1. The molecule has 0 aliphatic heterocycles. The fourth-order valence-corrected chi connectivity index (χ4v) is 3.82. The zero-order valence-corrected chi connectivity index (χ0v) is 14.2. The predicted octanol–water partition coefficient (Wildman–Crippen LogP) is 4.74. The van der Waals surface area contributed by atoms with Crippen LogP contribution in [0.2, 0.25) is 0 Å². The minimum absolute atomic E-state index is 0.123. The van der Waals surface area contributed by atoms with Crippen molar-refractivity contribution >= 4 is 45.2 Å². The number of carbonyl (C=O) groups is 1. The third kappa shape index (κ3) is 3.19. The molecule has 0 saturated heterocycles. The Morgan fingerprint density at radius 1 is 1.16 bits per heavy atom.